The number of anilines is 1. The van der Waals surface area contributed by atoms with E-state index in [0.29, 0.717) is 30.3 Å². The van der Waals surface area contributed by atoms with E-state index >= 15 is 0 Å². The number of hydrogen-bond acceptors (Lipinski definition) is 7. The molecule has 2 aromatic heterocycles. The quantitative estimate of drug-likeness (QED) is 0.450. The highest BCUT2D eigenvalue weighted by molar-refractivity contribution is 7.80. The van der Waals surface area contributed by atoms with Gasteiger partial charge in [-0.15, -0.1) is 0 Å². The zero-order valence-electron chi connectivity index (χ0n) is 19.5. The van der Waals surface area contributed by atoms with E-state index in [4.69, 9.17) is 12.2 Å². The molecule has 0 saturated carbocycles. The number of amides is 1. The van der Waals surface area contributed by atoms with Crippen LogP contribution in [0.5, 0.6) is 0 Å². The van der Waals surface area contributed by atoms with Crippen molar-refractivity contribution in [2.75, 3.05) is 24.6 Å². The molecule has 0 aliphatic carbocycles. The standard InChI is InChI=1S/C25H27FN6O2S/c1-16(2)21-20(26)12-28-23(29-21)32-13-19(14-33)25(15-32,18-9-6-10-27-11-18)31-24(35)30-22(34)17-7-4-3-5-8-17/h3-12,16,19,33H,13-15H2,1-2H3,(H2,30,31,34,35). The first-order valence-electron chi connectivity index (χ1n) is 11.3. The van der Waals surface area contributed by atoms with Gasteiger partial charge in [0.1, 0.15) is 0 Å². The number of carbonyl (C=O) groups excluding carboxylic acids is 1. The molecule has 0 radical (unpaired) electrons. The molecule has 0 spiro atoms. The van der Waals surface area contributed by atoms with E-state index in [9.17, 15) is 14.3 Å². The van der Waals surface area contributed by atoms with Crippen molar-refractivity contribution in [3.63, 3.8) is 0 Å². The highest BCUT2D eigenvalue weighted by atomic mass is 32.1. The molecule has 1 fully saturated rings. The molecule has 1 aliphatic rings. The average molecular weight is 495 g/mol. The SMILES string of the molecule is CC(C)c1nc(N2CC(CO)C(NC(=S)NC(=O)c3ccccc3)(c3cccnc3)C2)ncc1F. The zero-order chi connectivity index (χ0) is 25.0. The number of rotatable bonds is 6. The number of carbonyl (C=O) groups is 1. The summed E-state index contributed by atoms with van der Waals surface area (Å²) >= 11 is 5.52. The Balaban J connectivity index is 1.65. The predicted octanol–water partition coefficient (Wildman–Crippen LogP) is 2.76. The fraction of sp³-hybridized carbons (Fsp3) is 0.320. The number of aliphatic hydroxyl groups is 1. The Labute approximate surface area is 208 Å². The molecule has 1 aliphatic heterocycles. The fourth-order valence-electron chi connectivity index (χ4n) is 4.38. The average Bonchev–Trinajstić information content (AvgIpc) is 3.24. The Morgan fingerprint density at radius 2 is 2.03 bits per heavy atom. The molecule has 1 aromatic carbocycles. The molecule has 3 aromatic rings. The summed E-state index contributed by atoms with van der Waals surface area (Å²) in [6.07, 6.45) is 4.53. The van der Waals surface area contributed by atoms with Crippen LogP contribution in [0.4, 0.5) is 10.3 Å². The maximum atomic E-state index is 14.2. The summed E-state index contributed by atoms with van der Waals surface area (Å²) in [7, 11) is 0. The van der Waals surface area contributed by atoms with Crippen molar-refractivity contribution in [1.82, 2.24) is 25.6 Å². The van der Waals surface area contributed by atoms with Crippen LogP contribution in [0.15, 0.2) is 61.1 Å². The first-order valence-corrected chi connectivity index (χ1v) is 11.7. The number of nitrogens with zero attached hydrogens (tertiary/aromatic N) is 4. The van der Waals surface area contributed by atoms with Crippen molar-refractivity contribution >= 4 is 29.2 Å². The minimum atomic E-state index is -0.903. The van der Waals surface area contributed by atoms with Gasteiger partial charge in [-0.05, 0) is 41.9 Å². The number of nitrogens with one attached hydrogen (secondary N) is 2. The molecule has 35 heavy (non-hydrogen) atoms. The second kappa shape index (κ2) is 10.4. The minimum Gasteiger partial charge on any atom is -0.396 e. The van der Waals surface area contributed by atoms with Gasteiger partial charge in [-0.3, -0.25) is 15.1 Å². The number of aromatic nitrogens is 3. The normalized spacial score (nSPS) is 19.6. The van der Waals surface area contributed by atoms with Crippen LogP contribution in [0.1, 0.15) is 41.4 Å². The third kappa shape index (κ3) is 5.13. The van der Waals surface area contributed by atoms with Gasteiger partial charge in [-0.2, -0.15) is 0 Å². The van der Waals surface area contributed by atoms with Crippen LogP contribution in [0.3, 0.4) is 0 Å². The summed E-state index contributed by atoms with van der Waals surface area (Å²) in [6, 6.07) is 12.4. The zero-order valence-corrected chi connectivity index (χ0v) is 20.3. The number of aliphatic hydroxyl groups excluding tert-OH is 1. The summed E-state index contributed by atoms with van der Waals surface area (Å²) in [4.78, 5) is 27.5. The maximum absolute atomic E-state index is 14.2. The van der Waals surface area contributed by atoms with Gasteiger partial charge >= 0.3 is 0 Å². The van der Waals surface area contributed by atoms with E-state index < -0.39 is 11.4 Å². The largest absolute Gasteiger partial charge is 0.396 e. The van der Waals surface area contributed by atoms with Crippen LogP contribution in [0, 0.1) is 11.7 Å². The second-order valence-corrected chi connectivity index (χ2v) is 9.21. The highest BCUT2D eigenvalue weighted by Crippen LogP contribution is 2.38. The van der Waals surface area contributed by atoms with E-state index in [1.54, 1.807) is 42.7 Å². The molecule has 2 unspecified atom stereocenters. The maximum Gasteiger partial charge on any atom is 0.257 e. The van der Waals surface area contributed by atoms with Gasteiger partial charge in [0, 0.05) is 37.0 Å². The Kier molecular flexibility index (Phi) is 7.32. The number of halogens is 1. The molecule has 182 valence electrons. The Hall–Kier alpha value is -3.50. The summed E-state index contributed by atoms with van der Waals surface area (Å²) in [5.41, 5.74) is 0.677. The van der Waals surface area contributed by atoms with Crippen LogP contribution in [0.25, 0.3) is 0 Å². The van der Waals surface area contributed by atoms with Gasteiger partial charge in [0.05, 0.1) is 24.0 Å². The number of hydrogen-bond donors (Lipinski definition) is 3. The van der Waals surface area contributed by atoms with E-state index in [-0.39, 0.29) is 29.5 Å². The lowest BCUT2D eigenvalue weighted by atomic mass is 9.81. The Morgan fingerprint density at radius 3 is 2.69 bits per heavy atom. The van der Waals surface area contributed by atoms with Gasteiger partial charge in [0.25, 0.3) is 5.91 Å². The lowest BCUT2D eigenvalue weighted by Crippen LogP contribution is -2.56. The molecule has 4 rings (SSSR count). The van der Waals surface area contributed by atoms with E-state index in [1.807, 2.05) is 30.9 Å². The topological polar surface area (TPSA) is 103 Å². The summed E-state index contributed by atoms with van der Waals surface area (Å²) < 4.78 is 14.2. The first-order chi connectivity index (χ1) is 16.8. The third-order valence-corrected chi connectivity index (χ3v) is 6.37. The van der Waals surface area contributed by atoms with Crippen molar-refractivity contribution < 1.29 is 14.3 Å². The van der Waals surface area contributed by atoms with Crippen LogP contribution < -0.4 is 15.5 Å². The number of benzene rings is 1. The van der Waals surface area contributed by atoms with Gasteiger partial charge in [0.2, 0.25) is 5.95 Å². The lowest BCUT2D eigenvalue weighted by molar-refractivity contribution is 0.0975. The molecule has 3 N–H and O–H groups in total. The third-order valence-electron chi connectivity index (χ3n) is 6.16. The highest BCUT2D eigenvalue weighted by Gasteiger charge is 2.49. The molecule has 8 nitrogen and oxygen atoms in total. The molecular formula is C25H27FN6O2S. The van der Waals surface area contributed by atoms with Gasteiger partial charge in [-0.25, -0.2) is 14.4 Å². The van der Waals surface area contributed by atoms with Crippen molar-refractivity contribution in [3.05, 3.63) is 83.7 Å². The molecule has 0 bridgehead atoms. The monoisotopic (exact) mass is 494 g/mol. The van der Waals surface area contributed by atoms with Crippen molar-refractivity contribution in [2.24, 2.45) is 5.92 Å². The predicted molar refractivity (Wildman–Crippen MR) is 134 cm³/mol. The molecule has 10 heteroatoms. The van der Waals surface area contributed by atoms with Crippen LogP contribution in [-0.4, -0.2) is 50.8 Å². The number of pyridine rings is 1. The molecule has 1 saturated heterocycles. The van der Waals surface area contributed by atoms with E-state index in [2.05, 4.69) is 25.6 Å². The van der Waals surface area contributed by atoms with Crippen LogP contribution in [-0.2, 0) is 5.54 Å². The lowest BCUT2D eigenvalue weighted by Gasteiger charge is -2.36. The fourth-order valence-corrected chi connectivity index (χ4v) is 4.65. The second-order valence-electron chi connectivity index (χ2n) is 8.81. The summed E-state index contributed by atoms with van der Waals surface area (Å²) in [5, 5.41) is 16.5. The molecular weight excluding hydrogens is 467 g/mol. The first kappa shape index (κ1) is 24.6. The van der Waals surface area contributed by atoms with E-state index in [1.165, 1.54) is 6.20 Å². The summed E-state index contributed by atoms with van der Waals surface area (Å²) in [6.45, 7) is 4.26. The molecule has 2 atom stereocenters. The van der Waals surface area contributed by atoms with Crippen molar-refractivity contribution in [1.29, 1.82) is 0 Å². The molecule has 1 amide bonds. The molecule has 3 heterocycles. The Morgan fingerprint density at radius 1 is 1.26 bits per heavy atom. The van der Waals surface area contributed by atoms with Gasteiger partial charge < -0.3 is 15.3 Å². The number of thiocarbonyl (C=S) groups is 1. The minimum absolute atomic E-state index is 0.116. The van der Waals surface area contributed by atoms with E-state index in [0.717, 1.165) is 5.56 Å². The van der Waals surface area contributed by atoms with Crippen LogP contribution in [0.2, 0.25) is 0 Å². The Bertz CT molecular complexity index is 1200. The van der Waals surface area contributed by atoms with Crippen LogP contribution >= 0.6 is 12.2 Å². The van der Waals surface area contributed by atoms with Crippen molar-refractivity contribution in [2.45, 2.75) is 25.3 Å². The smallest absolute Gasteiger partial charge is 0.257 e. The van der Waals surface area contributed by atoms with Gasteiger partial charge in [-0.1, -0.05) is 38.1 Å². The summed E-state index contributed by atoms with van der Waals surface area (Å²) in [5.74, 6) is -0.906. The van der Waals surface area contributed by atoms with Gasteiger partial charge in [0.15, 0.2) is 10.9 Å². The van der Waals surface area contributed by atoms with Crippen molar-refractivity contribution in [3.8, 4) is 0 Å².